The van der Waals surface area contributed by atoms with Crippen LogP contribution in [0.25, 0.3) is 0 Å². The summed E-state index contributed by atoms with van der Waals surface area (Å²) in [6, 6.07) is 8.36. The number of amides is 2. The van der Waals surface area contributed by atoms with Gasteiger partial charge in [0.05, 0.1) is 12.0 Å². The summed E-state index contributed by atoms with van der Waals surface area (Å²) < 4.78 is 10.7. The first-order valence-electron chi connectivity index (χ1n) is 7.18. The highest BCUT2D eigenvalue weighted by Gasteiger charge is 2.31. The first-order chi connectivity index (χ1) is 11.1. The van der Waals surface area contributed by atoms with E-state index in [0.717, 1.165) is 0 Å². The highest BCUT2D eigenvalue weighted by atomic mass is 16.5. The van der Waals surface area contributed by atoms with Crippen molar-refractivity contribution in [1.29, 1.82) is 0 Å². The Hall–Kier alpha value is -3.02. The summed E-state index contributed by atoms with van der Waals surface area (Å²) in [5, 5.41) is 2.73. The van der Waals surface area contributed by atoms with Crippen molar-refractivity contribution >= 4 is 23.2 Å². The van der Waals surface area contributed by atoms with Gasteiger partial charge < -0.3 is 19.4 Å². The minimum atomic E-state index is -0.550. The third-order valence-electron chi connectivity index (χ3n) is 3.48. The number of nitrogens with one attached hydrogen (secondary N) is 1. The molecule has 6 heteroatoms. The fraction of sp³-hybridized carbons (Fsp3) is 0.176. The molecule has 2 aromatic rings. The van der Waals surface area contributed by atoms with E-state index in [-0.39, 0.29) is 17.6 Å². The standard InChI is InChI=1S/C17H16N2O4/c1-3-8-19-13-10-12(18-16(20)15-5-4-9-22-15)6-7-14(13)23-11(2)17(19)21/h3-7,9-11H,1,8H2,2H3,(H,18,20). The Labute approximate surface area is 133 Å². The number of nitrogens with zero attached hydrogens (tertiary/aromatic N) is 1. The molecule has 3 rings (SSSR count). The minimum Gasteiger partial charge on any atom is -0.479 e. The third-order valence-corrected chi connectivity index (χ3v) is 3.48. The largest absolute Gasteiger partial charge is 0.479 e. The number of carbonyl (C=O) groups excluding carboxylic acids is 2. The maximum atomic E-state index is 12.2. The summed E-state index contributed by atoms with van der Waals surface area (Å²) in [4.78, 5) is 25.9. The lowest BCUT2D eigenvalue weighted by molar-refractivity contribution is -0.125. The van der Waals surface area contributed by atoms with E-state index >= 15 is 0 Å². The molecule has 1 aromatic carbocycles. The second kappa shape index (κ2) is 6.00. The Bertz CT molecular complexity index is 752. The number of hydrogen-bond acceptors (Lipinski definition) is 4. The molecule has 0 aliphatic carbocycles. The molecule has 118 valence electrons. The van der Waals surface area contributed by atoms with Crippen molar-refractivity contribution in [3.63, 3.8) is 0 Å². The number of benzene rings is 1. The summed E-state index contributed by atoms with van der Waals surface area (Å²) in [5.74, 6) is 0.301. The van der Waals surface area contributed by atoms with E-state index < -0.39 is 6.10 Å². The van der Waals surface area contributed by atoms with Crippen LogP contribution in [0.3, 0.4) is 0 Å². The van der Waals surface area contributed by atoms with Gasteiger partial charge >= 0.3 is 0 Å². The summed E-state index contributed by atoms with van der Waals surface area (Å²) in [7, 11) is 0. The molecule has 2 heterocycles. The molecule has 0 saturated heterocycles. The van der Waals surface area contributed by atoms with E-state index in [4.69, 9.17) is 9.15 Å². The highest BCUT2D eigenvalue weighted by molar-refractivity contribution is 6.04. The van der Waals surface area contributed by atoms with Gasteiger partial charge in [-0.15, -0.1) is 6.58 Å². The zero-order valence-electron chi connectivity index (χ0n) is 12.6. The van der Waals surface area contributed by atoms with Gasteiger partial charge in [-0.3, -0.25) is 9.59 Å². The van der Waals surface area contributed by atoms with Gasteiger partial charge in [-0.25, -0.2) is 0 Å². The molecule has 1 aliphatic rings. The molecule has 23 heavy (non-hydrogen) atoms. The molecule has 1 atom stereocenters. The maximum Gasteiger partial charge on any atom is 0.291 e. The van der Waals surface area contributed by atoms with Crippen molar-refractivity contribution in [1.82, 2.24) is 0 Å². The van der Waals surface area contributed by atoms with Crippen molar-refractivity contribution in [2.24, 2.45) is 0 Å². The number of carbonyl (C=O) groups is 2. The van der Waals surface area contributed by atoms with Crippen LogP contribution in [0.1, 0.15) is 17.5 Å². The predicted molar refractivity (Wildman–Crippen MR) is 85.7 cm³/mol. The number of rotatable bonds is 4. The van der Waals surface area contributed by atoms with Crippen LogP contribution in [0.5, 0.6) is 5.75 Å². The average molecular weight is 312 g/mol. The SMILES string of the molecule is C=CCN1C(=O)C(C)Oc2ccc(NC(=O)c3ccco3)cc21. The van der Waals surface area contributed by atoms with Crippen LogP contribution in [-0.2, 0) is 4.79 Å². The molecule has 0 spiro atoms. The van der Waals surface area contributed by atoms with Crippen LogP contribution in [0, 0.1) is 0 Å². The van der Waals surface area contributed by atoms with Crippen molar-refractivity contribution in [3.8, 4) is 5.75 Å². The number of hydrogen-bond donors (Lipinski definition) is 1. The Kier molecular flexibility index (Phi) is 3.89. The second-order valence-electron chi connectivity index (χ2n) is 5.11. The fourth-order valence-electron chi connectivity index (χ4n) is 2.40. The van der Waals surface area contributed by atoms with Crippen LogP contribution < -0.4 is 15.0 Å². The van der Waals surface area contributed by atoms with Gasteiger partial charge in [0, 0.05) is 12.2 Å². The highest BCUT2D eigenvalue weighted by Crippen LogP contribution is 2.36. The number of ether oxygens (including phenoxy) is 1. The summed E-state index contributed by atoms with van der Waals surface area (Å²) >= 11 is 0. The van der Waals surface area contributed by atoms with Crippen LogP contribution in [-0.4, -0.2) is 24.5 Å². The molecular weight excluding hydrogens is 296 g/mol. The van der Waals surface area contributed by atoms with Gasteiger partial charge in [-0.1, -0.05) is 6.08 Å². The molecule has 1 aromatic heterocycles. The van der Waals surface area contributed by atoms with Crippen LogP contribution in [0.4, 0.5) is 11.4 Å². The van der Waals surface area contributed by atoms with Gasteiger partial charge in [-0.05, 0) is 37.3 Å². The Morgan fingerprint density at radius 2 is 2.26 bits per heavy atom. The van der Waals surface area contributed by atoms with Gasteiger partial charge in [0.15, 0.2) is 11.9 Å². The van der Waals surface area contributed by atoms with Crippen molar-refractivity contribution in [2.75, 3.05) is 16.8 Å². The van der Waals surface area contributed by atoms with Crippen molar-refractivity contribution in [2.45, 2.75) is 13.0 Å². The molecule has 2 amide bonds. The van der Waals surface area contributed by atoms with Crippen molar-refractivity contribution < 1.29 is 18.7 Å². The zero-order valence-corrected chi connectivity index (χ0v) is 12.6. The lowest BCUT2D eigenvalue weighted by Crippen LogP contribution is -2.44. The number of furan rings is 1. The van der Waals surface area contributed by atoms with Crippen LogP contribution in [0.2, 0.25) is 0 Å². The molecule has 0 fully saturated rings. The van der Waals surface area contributed by atoms with Crippen LogP contribution >= 0.6 is 0 Å². The molecule has 0 radical (unpaired) electrons. The van der Waals surface area contributed by atoms with Gasteiger partial charge in [0.1, 0.15) is 5.75 Å². The number of fused-ring (bicyclic) bond motifs is 1. The first kappa shape index (κ1) is 14.9. The maximum absolute atomic E-state index is 12.2. The average Bonchev–Trinajstić information content (AvgIpc) is 3.07. The molecule has 0 saturated carbocycles. The minimum absolute atomic E-state index is 0.146. The van der Waals surface area contributed by atoms with Gasteiger partial charge in [0.25, 0.3) is 11.8 Å². The number of anilines is 2. The smallest absolute Gasteiger partial charge is 0.291 e. The lowest BCUT2D eigenvalue weighted by Gasteiger charge is -2.32. The van der Waals surface area contributed by atoms with Crippen molar-refractivity contribution in [3.05, 3.63) is 55.0 Å². The van der Waals surface area contributed by atoms with Gasteiger partial charge in [0.2, 0.25) is 0 Å². The zero-order chi connectivity index (χ0) is 16.4. The normalized spacial score (nSPS) is 16.5. The Morgan fingerprint density at radius 1 is 1.43 bits per heavy atom. The predicted octanol–water partition coefficient (Wildman–Crippen LogP) is 2.83. The summed E-state index contributed by atoms with van der Waals surface area (Å²) in [5.41, 5.74) is 1.15. The van der Waals surface area contributed by atoms with Crippen LogP contribution in [0.15, 0.2) is 53.7 Å². The summed E-state index contributed by atoms with van der Waals surface area (Å²) in [6.45, 7) is 5.75. The molecule has 1 N–H and O–H groups in total. The third kappa shape index (κ3) is 2.83. The Balaban J connectivity index is 1.90. The van der Waals surface area contributed by atoms with E-state index in [1.807, 2.05) is 0 Å². The van der Waals surface area contributed by atoms with E-state index in [1.165, 1.54) is 6.26 Å². The van der Waals surface area contributed by atoms with E-state index in [2.05, 4.69) is 11.9 Å². The topological polar surface area (TPSA) is 71.8 Å². The molecule has 1 aliphatic heterocycles. The molecular formula is C17H16N2O4. The van der Waals surface area contributed by atoms with Gasteiger partial charge in [-0.2, -0.15) is 0 Å². The summed E-state index contributed by atoms with van der Waals surface area (Å²) in [6.07, 6.45) is 2.53. The second-order valence-corrected chi connectivity index (χ2v) is 5.11. The first-order valence-corrected chi connectivity index (χ1v) is 7.18. The Morgan fingerprint density at radius 3 is 2.96 bits per heavy atom. The quantitative estimate of drug-likeness (QED) is 0.881. The van der Waals surface area contributed by atoms with E-state index in [0.29, 0.717) is 23.7 Å². The molecule has 6 nitrogen and oxygen atoms in total. The monoisotopic (exact) mass is 312 g/mol. The molecule has 1 unspecified atom stereocenters. The molecule has 0 bridgehead atoms. The van der Waals surface area contributed by atoms with E-state index in [1.54, 1.807) is 48.2 Å². The fourth-order valence-corrected chi connectivity index (χ4v) is 2.40. The lowest BCUT2D eigenvalue weighted by atomic mass is 10.1. The van der Waals surface area contributed by atoms with E-state index in [9.17, 15) is 9.59 Å².